The number of nitrogens with zero attached hydrogens (tertiary/aromatic N) is 3. The zero-order chi connectivity index (χ0) is 26.1. The lowest BCUT2D eigenvalue weighted by Crippen LogP contribution is -2.60. The Labute approximate surface area is 216 Å². The van der Waals surface area contributed by atoms with Gasteiger partial charge in [-0.05, 0) is 76.9 Å². The number of benzene rings is 1. The Kier molecular flexibility index (Phi) is 7.75. The molecule has 1 saturated heterocycles. The van der Waals surface area contributed by atoms with Crippen molar-refractivity contribution >= 4 is 17.0 Å². The molecule has 1 unspecified atom stereocenters. The van der Waals surface area contributed by atoms with Crippen molar-refractivity contribution in [1.29, 1.82) is 0 Å². The second-order valence-corrected chi connectivity index (χ2v) is 12.0. The van der Waals surface area contributed by atoms with E-state index in [0.717, 1.165) is 35.5 Å². The SMILES string of the molecule is COCCn1c([S+](C)[O-])nc(-c2ccc(F)cc2)c1-c1ccnc(NC2CC(C)(C)NC(C)(C)C2)c1. The van der Waals surface area contributed by atoms with Gasteiger partial charge in [0.1, 0.15) is 23.6 Å². The Morgan fingerprint density at radius 3 is 2.42 bits per heavy atom. The van der Waals surface area contributed by atoms with Crippen LogP contribution in [0, 0.1) is 5.82 Å². The number of methoxy groups -OCH3 is 1. The summed E-state index contributed by atoms with van der Waals surface area (Å²) in [4.78, 5) is 9.36. The maximum absolute atomic E-state index is 13.7. The monoisotopic (exact) mass is 513 g/mol. The van der Waals surface area contributed by atoms with Crippen LogP contribution in [0.3, 0.4) is 0 Å². The maximum Gasteiger partial charge on any atom is 0.324 e. The molecule has 0 bridgehead atoms. The summed E-state index contributed by atoms with van der Waals surface area (Å²) in [5.41, 5.74) is 3.11. The largest absolute Gasteiger partial charge is 0.609 e. The topological polar surface area (TPSA) is 87.1 Å². The summed E-state index contributed by atoms with van der Waals surface area (Å²) < 4.78 is 33.6. The number of hydrogen-bond donors (Lipinski definition) is 2. The molecule has 3 aromatic rings. The summed E-state index contributed by atoms with van der Waals surface area (Å²) in [5, 5.41) is 7.81. The van der Waals surface area contributed by atoms with Crippen molar-refractivity contribution in [2.45, 2.75) is 69.4 Å². The first-order chi connectivity index (χ1) is 17.0. The summed E-state index contributed by atoms with van der Waals surface area (Å²) >= 11 is -1.33. The Balaban J connectivity index is 1.77. The van der Waals surface area contributed by atoms with E-state index in [1.165, 1.54) is 12.1 Å². The Hall–Kier alpha value is -2.46. The molecular formula is C27H36FN5O2S. The molecular weight excluding hydrogens is 477 g/mol. The van der Waals surface area contributed by atoms with Gasteiger partial charge in [-0.25, -0.2) is 9.37 Å². The molecule has 4 rings (SSSR count). The number of hydrogen-bond acceptors (Lipinski definition) is 6. The van der Waals surface area contributed by atoms with Gasteiger partial charge >= 0.3 is 5.16 Å². The highest BCUT2D eigenvalue weighted by molar-refractivity contribution is 7.90. The molecule has 9 heteroatoms. The first kappa shape index (κ1) is 26.6. The van der Waals surface area contributed by atoms with Crippen LogP contribution in [0.5, 0.6) is 0 Å². The van der Waals surface area contributed by atoms with Crippen molar-refractivity contribution in [2.24, 2.45) is 0 Å². The number of anilines is 1. The number of pyridine rings is 1. The minimum absolute atomic E-state index is 0.00560. The predicted molar refractivity (Wildman–Crippen MR) is 143 cm³/mol. The minimum Gasteiger partial charge on any atom is -0.609 e. The van der Waals surface area contributed by atoms with Crippen LogP contribution >= 0.6 is 0 Å². The van der Waals surface area contributed by atoms with Gasteiger partial charge in [-0.1, -0.05) is 0 Å². The average Bonchev–Trinajstić information content (AvgIpc) is 3.16. The van der Waals surface area contributed by atoms with E-state index >= 15 is 0 Å². The number of piperidine rings is 1. The third-order valence-electron chi connectivity index (χ3n) is 6.40. The second kappa shape index (κ2) is 10.5. The zero-order valence-corrected chi connectivity index (χ0v) is 22.7. The molecule has 1 aliphatic heterocycles. The summed E-state index contributed by atoms with van der Waals surface area (Å²) in [7, 11) is 1.64. The molecule has 0 aliphatic carbocycles. The number of aromatic nitrogens is 3. The first-order valence-electron chi connectivity index (χ1n) is 12.2. The normalized spacial score (nSPS) is 18.2. The highest BCUT2D eigenvalue weighted by Gasteiger charge is 2.37. The van der Waals surface area contributed by atoms with Crippen LogP contribution in [0.1, 0.15) is 40.5 Å². The fourth-order valence-corrected chi connectivity index (χ4v) is 6.15. The van der Waals surface area contributed by atoms with E-state index in [1.54, 1.807) is 31.7 Å². The molecule has 0 saturated carbocycles. The lowest BCUT2D eigenvalue weighted by atomic mass is 9.79. The van der Waals surface area contributed by atoms with Gasteiger partial charge in [-0.15, -0.1) is 0 Å². The highest BCUT2D eigenvalue weighted by atomic mass is 32.2. The van der Waals surface area contributed by atoms with Gasteiger partial charge in [0.25, 0.3) is 0 Å². The van der Waals surface area contributed by atoms with Gasteiger partial charge in [0.2, 0.25) is 0 Å². The van der Waals surface area contributed by atoms with Gasteiger partial charge in [0, 0.05) is 52.7 Å². The molecule has 0 amide bonds. The second-order valence-electron chi connectivity index (χ2n) is 10.8. The molecule has 3 heterocycles. The van der Waals surface area contributed by atoms with Crippen molar-refractivity contribution in [2.75, 3.05) is 25.3 Å². The summed E-state index contributed by atoms with van der Waals surface area (Å²) in [6, 6.07) is 10.4. The van der Waals surface area contributed by atoms with Crippen LogP contribution in [0.15, 0.2) is 47.8 Å². The average molecular weight is 514 g/mol. The molecule has 2 N–H and O–H groups in total. The van der Waals surface area contributed by atoms with E-state index in [9.17, 15) is 8.94 Å². The highest BCUT2D eigenvalue weighted by Crippen LogP contribution is 2.36. The molecule has 2 aromatic heterocycles. The molecule has 1 fully saturated rings. The lowest BCUT2D eigenvalue weighted by molar-refractivity contribution is 0.170. The van der Waals surface area contributed by atoms with Gasteiger partial charge < -0.3 is 19.9 Å². The Morgan fingerprint density at radius 2 is 1.81 bits per heavy atom. The van der Waals surface area contributed by atoms with Crippen LogP contribution in [-0.4, -0.2) is 56.2 Å². The summed E-state index contributed by atoms with van der Waals surface area (Å²) in [6.45, 7) is 9.82. The van der Waals surface area contributed by atoms with E-state index < -0.39 is 11.2 Å². The Bertz CT molecular complexity index is 1180. The van der Waals surface area contributed by atoms with Crippen molar-refractivity contribution in [1.82, 2.24) is 19.9 Å². The van der Waals surface area contributed by atoms with Crippen molar-refractivity contribution in [3.8, 4) is 22.5 Å². The zero-order valence-electron chi connectivity index (χ0n) is 21.9. The number of rotatable bonds is 8. The molecule has 0 radical (unpaired) electrons. The number of imidazole rings is 1. The minimum atomic E-state index is -1.33. The van der Waals surface area contributed by atoms with Crippen LogP contribution in [0.25, 0.3) is 22.5 Å². The van der Waals surface area contributed by atoms with Crippen LogP contribution in [-0.2, 0) is 22.5 Å². The molecule has 1 aromatic carbocycles. The van der Waals surface area contributed by atoms with Crippen molar-refractivity contribution in [3.05, 3.63) is 48.4 Å². The van der Waals surface area contributed by atoms with E-state index in [4.69, 9.17) is 9.72 Å². The van der Waals surface area contributed by atoms with Crippen molar-refractivity contribution < 1.29 is 13.7 Å². The first-order valence-corrected chi connectivity index (χ1v) is 13.7. The third kappa shape index (κ3) is 6.08. The maximum atomic E-state index is 13.7. The quantitative estimate of drug-likeness (QED) is 0.419. The number of ether oxygens (including phenoxy) is 1. The van der Waals surface area contributed by atoms with Gasteiger partial charge in [0.15, 0.2) is 0 Å². The standard InChI is InChI=1S/C27H36FN5O2S/c1-26(2)16-21(17-27(3,4)32-26)30-22-15-19(11-12-29-22)24-23(18-7-9-20(28)10-8-18)31-25(36(6)34)33(24)13-14-35-5/h7-12,15,21,32H,13-14,16-17H2,1-6H3,(H,29,30). The van der Waals surface area contributed by atoms with Crippen LogP contribution in [0.4, 0.5) is 10.2 Å². The van der Waals surface area contributed by atoms with E-state index in [-0.39, 0.29) is 22.9 Å². The molecule has 0 spiro atoms. The Morgan fingerprint density at radius 1 is 1.14 bits per heavy atom. The summed E-state index contributed by atoms with van der Waals surface area (Å²) in [6.07, 6.45) is 5.32. The van der Waals surface area contributed by atoms with Gasteiger partial charge in [0.05, 0.1) is 18.8 Å². The van der Waals surface area contributed by atoms with E-state index in [0.29, 0.717) is 24.0 Å². The smallest absolute Gasteiger partial charge is 0.324 e. The lowest BCUT2D eigenvalue weighted by Gasteiger charge is -2.46. The van der Waals surface area contributed by atoms with E-state index in [1.807, 2.05) is 16.7 Å². The van der Waals surface area contributed by atoms with E-state index in [2.05, 4.69) is 43.3 Å². The number of halogens is 1. The fourth-order valence-electron chi connectivity index (χ4n) is 5.43. The molecule has 36 heavy (non-hydrogen) atoms. The molecule has 7 nitrogen and oxygen atoms in total. The van der Waals surface area contributed by atoms with Gasteiger partial charge in [-0.2, -0.15) is 4.98 Å². The van der Waals surface area contributed by atoms with Crippen LogP contribution in [0.2, 0.25) is 0 Å². The van der Waals surface area contributed by atoms with Crippen LogP contribution < -0.4 is 10.6 Å². The molecule has 1 aliphatic rings. The van der Waals surface area contributed by atoms with Gasteiger partial charge in [-0.3, -0.25) is 4.57 Å². The summed E-state index contributed by atoms with van der Waals surface area (Å²) in [5.74, 6) is 0.455. The van der Waals surface area contributed by atoms with Crippen molar-refractivity contribution in [3.63, 3.8) is 0 Å². The predicted octanol–water partition coefficient (Wildman–Crippen LogP) is 4.86. The molecule has 194 valence electrons. The fraction of sp³-hybridized carbons (Fsp3) is 0.481. The third-order valence-corrected chi connectivity index (χ3v) is 7.23. The number of nitrogens with one attached hydrogen (secondary N) is 2. The molecule has 1 atom stereocenters.